The lowest BCUT2D eigenvalue weighted by molar-refractivity contribution is -0.127. The average Bonchev–Trinajstić information content (AvgIpc) is 2.41. The summed E-state index contributed by atoms with van der Waals surface area (Å²) in [5.41, 5.74) is 1.88. The zero-order chi connectivity index (χ0) is 13.5. The molecule has 1 aliphatic carbocycles. The van der Waals surface area contributed by atoms with Crippen molar-refractivity contribution in [3.05, 3.63) is 35.4 Å². The topological polar surface area (TPSA) is 40.5 Å². The molecule has 3 rings (SSSR count). The standard InChI is InChI=1S/C16H21NO2/c1-17-10-12-4-2-3-5-14(12)15(11-17)16(19)8-6-13(18)7-9-16/h2-5,15,19H,6-11H2,1H3. The largest absolute Gasteiger partial charge is 0.389 e. The van der Waals surface area contributed by atoms with Crippen LogP contribution in [0.2, 0.25) is 0 Å². The van der Waals surface area contributed by atoms with E-state index in [2.05, 4.69) is 36.2 Å². The van der Waals surface area contributed by atoms with Crippen molar-refractivity contribution < 1.29 is 9.90 Å². The van der Waals surface area contributed by atoms with E-state index < -0.39 is 5.60 Å². The van der Waals surface area contributed by atoms with E-state index in [1.165, 1.54) is 11.1 Å². The molecule has 0 saturated heterocycles. The first-order chi connectivity index (χ1) is 9.08. The van der Waals surface area contributed by atoms with Gasteiger partial charge in [-0.15, -0.1) is 0 Å². The van der Waals surface area contributed by atoms with E-state index in [9.17, 15) is 9.90 Å². The minimum Gasteiger partial charge on any atom is -0.389 e. The Morgan fingerprint density at radius 3 is 2.68 bits per heavy atom. The minimum absolute atomic E-state index is 0.135. The van der Waals surface area contributed by atoms with Gasteiger partial charge in [-0.25, -0.2) is 0 Å². The van der Waals surface area contributed by atoms with Crippen LogP contribution in [0.4, 0.5) is 0 Å². The third-order valence-electron chi connectivity index (χ3n) is 4.69. The highest BCUT2D eigenvalue weighted by atomic mass is 16.3. The van der Waals surface area contributed by atoms with Crippen molar-refractivity contribution in [2.24, 2.45) is 0 Å². The molecular weight excluding hydrogens is 238 g/mol. The number of fused-ring (bicyclic) bond motifs is 1. The van der Waals surface area contributed by atoms with Crippen LogP contribution in [-0.4, -0.2) is 35.0 Å². The Labute approximate surface area is 114 Å². The van der Waals surface area contributed by atoms with Crippen LogP contribution in [0.3, 0.4) is 0 Å². The van der Waals surface area contributed by atoms with Gasteiger partial charge in [-0.3, -0.25) is 4.79 Å². The molecule has 1 aromatic carbocycles. The first-order valence-electron chi connectivity index (χ1n) is 7.09. The molecule has 3 heteroatoms. The highest BCUT2D eigenvalue weighted by molar-refractivity contribution is 5.79. The second-order valence-electron chi connectivity index (χ2n) is 6.09. The monoisotopic (exact) mass is 259 g/mol. The lowest BCUT2D eigenvalue weighted by Gasteiger charge is -2.44. The molecule has 1 aromatic rings. The lowest BCUT2D eigenvalue weighted by Crippen LogP contribution is -2.47. The summed E-state index contributed by atoms with van der Waals surface area (Å²) in [6.07, 6.45) is 2.27. The molecule has 0 spiro atoms. The van der Waals surface area contributed by atoms with E-state index in [1.54, 1.807) is 0 Å². The Bertz CT molecular complexity index is 487. The van der Waals surface area contributed by atoms with Crippen molar-refractivity contribution >= 4 is 5.78 Å². The van der Waals surface area contributed by atoms with Gasteiger partial charge in [-0.05, 0) is 31.0 Å². The highest BCUT2D eigenvalue weighted by Gasteiger charge is 2.43. The average molecular weight is 259 g/mol. The molecule has 1 atom stereocenters. The van der Waals surface area contributed by atoms with Gasteiger partial charge in [-0.1, -0.05) is 24.3 Å². The smallest absolute Gasteiger partial charge is 0.133 e. The molecule has 1 aliphatic heterocycles. The van der Waals surface area contributed by atoms with Gasteiger partial charge in [0.25, 0.3) is 0 Å². The number of likely N-dealkylation sites (N-methyl/N-ethyl adjacent to an activating group) is 1. The third-order valence-corrected chi connectivity index (χ3v) is 4.69. The summed E-state index contributed by atoms with van der Waals surface area (Å²) >= 11 is 0. The summed E-state index contributed by atoms with van der Waals surface area (Å²) < 4.78 is 0. The van der Waals surface area contributed by atoms with E-state index in [-0.39, 0.29) is 5.92 Å². The lowest BCUT2D eigenvalue weighted by atomic mass is 9.70. The zero-order valence-corrected chi connectivity index (χ0v) is 11.4. The molecule has 1 fully saturated rings. The number of carbonyl (C=O) groups is 1. The van der Waals surface area contributed by atoms with E-state index in [0.717, 1.165) is 13.1 Å². The summed E-state index contributed by atoms with van der Waals surface area (Å²) in [6, 6.07) is 8.40. The number of aliphatic hydroxyl groups is 1. The normalized spacial score (nSPS) is 27.1. The van der Waals surface area contributed by atoms with Crippen LogP contribution >= 0.6 is 0 Å². The molecule has 1 unspecified atom stereocenters. The van der Waals surface area contributed by atoms with Crippen LogP contribution in [0.25, 0.3) is 0 Å². The van der Waals surface area contributed by atoms with Crippen LogP contribution in [0, 0.1) is 0 Å². The van der Waals surface area contributed by atoms with Gasteiger partial charge >= 0.3 is 0 Å². The Hall–Kier alpha value is -1.19. The van der Waals surface area contributed by atoms with Crippen molar-refractivity contribution in [1.29, 1.82) is 0 Å². The van der Waals surface area contributed by atoms with E-state index in [1.807, 2.05) is 0 Å². The van der Waals surface area contributed by atoms with Crippen LogP contribution in [0.15, 0.2) is 24.3 Å². The summed E-state index contributed by atoms with van der Waals surface area (Å²) in [5.74, 6) is 0.428. The van der Waals surface area contributed by atoms with Gasteiger partial charge in [0.05, 0.1) is 5.60 Å². The highest BCUT2D eigenvalue weighted by Crippen LogP contribution is 2.42. The number of benzene rings is 1. The molecule has 0 bridgehead atoms. The molecule has 19 heavy (non-hydrogen) atoms. The van der Waals surface area contributed by atoms with Crippen molar-refractivity contribution in [3.8, 4) is 0 Å². The fourth-order valence-electron chi connectivity index (χ4n) is 3.55. The molecule has 2 aliphatic rings. The zero-order valence-electron chi connectivity index (χ0n) is 11.4. The van der Waals surface area contributed by atoms with Crippen LogP contribution < -0.4 is 0 Å². The molecule has 3 nitrogen and oxygen atoms in total. The summed E-state index contributed by atoms with van der Waals surface area (Å²) in [4.78, 5) is 13.7. The summed E-state index contributed by atoms with van der Waals surface area (Å²) in [7, 11) is 2.10. The molecular formula is C16H21NO2. The van der Waals surface area contributed by atoms with E-state index in [0.29, 0.717) is 31.5 Å². The number of hydrogen-bond acceptors (Lipinski definition) is 3. The number of nitrogens with zero attached hydrogens (tertiary/aromatic N) is 1. The minimum atomic E-state index is -0.710. The van der Waals surface area contributed by atoms with Gasteiger partial charge in [-0.2, -0.15) is 0 Å². The summed E-state index contributed by atoms with van der Waals surface area (Å²) in [6.45, 7) is 1.82. The Morgan fingerprint density at radius 1 is 1.26 bits per heavy atom. The fraction of sp³-hybridized carbons (Fsp3) is 0.562. The maximum absolute atomic E-state index is 11.4. The van der Waals surface area contributed by atoms with Gasteiger partial charge in [0.2, 0.25) is 0 Å². The molecule has 0 amide bonds. The second kappa shape index (κ2) is 4.73. The van der Waals surface area contributed by atoms with Gasteiger partial charge < -0.3 is 10.0 Å². The molecule has 1 saturated carbocycles. The van der Waals surface area contributed by atoms with E-state index >= 15 is 0 Å². The number of Topliss-reactive ketones (excluding diaryl/α,β-unsaturated/α-hetero) is 1. The number of rotatable bonds is 1. The molecule has 1 heterocycles. The molecule has 0 radical (unpaired) electrons. The Balaban J connectivity index is 1.94. The Morgan fingerprint density at radius 2 is 1.95 bits per heavy atom. The third kappa shape index (κ3) is 2.33. The van der Waals surface area contributed by atoms with Crippen molar-refractivity contribution in [2.45, 2.75) is 43.7 Å². The maximum atomic E-state index is 11.4. The van der Waals surface area contributed by atoms with Crippen molar-refractivity contribution in [3.63, 3.8) is 0 Å². The van der Waals surface area contributed by atoms with Gasteiger partial charge in [0, 0.05) is 31.8 Å². The molecule has 102 valence electrons. The first-order valence-corrected chi connectivity index (χ1v) is 7.09. The van der Waals surface area contributed by atoms with Gasteiger partial charge in [0.15, 0.2) is 0 Å². The fourth-order valence-corrected chi connectivity index (χ4v) is 3.55. The van der Waals surface area contributed by atoms with Crippen LogP contribution in [-0.2, 0) is 11.3 Å². The van der Waals surface area contributed by atoms with Crippen molar-refractivity contribution in [1.82, 2.24) is 4.90 Å². The first kappa shape index (κ1) is 12.8. The molecule has 1 N–H and O–H groups in total. The predicted octanol–water partition coefficient (Wildman–Crippen LogP) is 2.09. The van der Waals surface area contributed by atoms with Crippen molar-refractivity contribution in [2.75, 3.05) is 13.6 Å². The quantitative estimate of drug-likeness (QED) is 0.839. The summed E-state index contributed by atoms with van der Waals surface area (Å²) in [5, 5.41) is 11.0. The SMILES string of the molecule is CN1Cc2ccccc2C(C2(O)CCC(=O)CC2)C1. The van der Waals surface area contributed by atoms with Gasteiger partial charge in [0.1, 0.15) is 5.78 Å². The number of hydrogen-bond donors (Lipinski definition) is 1. The van der Waals surface area contributed by atoms with Crippen LogP contribution in [0.5, 0.6) is 0 Å². The second-order valence-corrected chi connectivity index (χ2v) is 6.09. The Kier molecular flexibility index (Phi) is 3.19. The number of carbonyl (C=O) groups excluding carboxylic acids is 1. The predicted molar refractivity (Wildman–Crippen MR) is 73.9 cm³/mol. The molecule has 0 aromatic heterocycles. The van der Waals surface area contributed by atoms with Crippen LogP contribution in [0.1, 0.15) is 42.7 Å². The maximum Gasteiger partial charge on any atom is 0.133 e. The number of ketones is 1. The van der Waals surface area contributed by atoms with E-state index in [4.69, 9.17) is 0 Å².